The first-order valence-corrected chi connectivity index (χ1v) is 5.65. The van der Waals surface area contributed by atoms with Gasteiger partial charge < -0.3 is 5.11 Å². The first-order valence-electron chi connectivity index (χ1n) is 4.17. The number of nitriles is 1. The van der Waals surface area contributed by atoms with Crippen molar-refractivity contribution >= 4 is 16.0 Å². The number of sulfonamides is 1. The summed E-state index contributed by atoms with van der Waals surface area (Å²) in [5.74, 6) is -1.13. The Morgan fingerprint density at radius 3 is 2.38 bits per heavy atom. The number of nitrogens with one attached hydrogen (secondary N) is 1. The average Bonchev–Trinajstić information content (AvgIpc) is 2.26. The zero-order valence-electron chi connectivity index (χ0n) is 8.04. The molecule has 0 amide bonds. The highest BCUT2D eigenvalue weighted by molar-refractivity contribution is 7.89. The number of hydrogen-bond acceptors (Lipinski definition) is 4. The molecule has 1 aromatic rings. The summed E-state index contributed by atoms with van der Waals surface area (Å²) in [5, 5.41) is 16.9. The monoisotopic (exact) mass is 240 g/mol. The largest absolute Gasteiger partial charge is 0.478 e. The first kappa shape index (κ1) is 12.2. The van der Waals surface area contributed by atoms with Gasteiger partial charge in [0.2, 0.25) is 10.0 Å². The van der Waals surface area contributed by atoms with Gasteiger partial charge in [-0.3, -0.25) is 0 Å². The topological polar surface area (TPSA) is 107 Å². The minimum absolute atomic E-state index is 0.000710. The number of carboxylic acid groups (broad SMARTS) is 1. The summed E-state index contributed by atoms with van der Waals surface area (Å²) >= 11 is 0. The summed E-state index contributed by atoms with van der Waals surface area (Å²) in [6, 6.07) is 6.35. The molecule has 0 aromatic heterocycles. The Hall–Kier alpha value is -1.91. The highest BCUT2D eigenvalue weighted by Crippen LogP contribution is 2.10. The molecule has 0 aliphatic heterocycles. The summed E-state index contributed by atoms with van der Waals surface area (Å²) in [6.07, 6.45) is 0. The maximum atomic E-state index is 11.5. The number of benzene rings is 1. The lowest BCUT2D eigenvalue weighted by molar-refractivity contribution is 0.0697. The highest BCUT2D eigenvalue weighted by atomic mass is 32.2. The van der Waals surface area contributed by atoms with Gasteiger partial charge in [-0.1, -0.05) is 0 Å². The van der Waals surface area contributed by atoms with E-state index in [0.29, 0.717) is 0 Å². The van der Waals surface area contributed by atoms with Crippen molar-refractivity contribution in [2.75, 3.05) is 6.54 Å². The average molecular weight is 240 g/mol. The van der Waals surface area contributed by atoms with Crippen molar-refractivity contribution < 1.29 is 18.3 Å². The molecule has 0 atom stereocenters. The van der Waals surface area contributed by atoms with Crippen LogP contribution in [0.25, 0.3) is 0 Å². The van der Waals surface area contributed by atoms with Crippen LogP contribution in [-0.2, 0) is 10.0 Å². The third-order valence-corrected chi connectivity index (χ3v) is 3.17. The Morgan fingerprint density at radius 1 is 1.38 bits per heavy atom. The second-order valence-electron chi connectivity index (χ2n) is 2.81. The van der Waals surface area contributed by atoms with Crippen LogP contribution in [0.2, 0.25) is 0 Å². The van der Waals surface area contributed by atoms with E-state index in [1.165, 1.54) is 24.3 Å². The third kappa shape index (κ3) is 2.79. The van der Waals surface area contributed by atoms with Gasteiger partial charge in [-0.15, -0.1) is 0 Å². The van der Waals surface area contributed by atoms with E-state index in [1.807, 2.05) is 4.72 Å². The molecule has 0 heterocycles. The fourth-order valence-electron chi connectivity index (χ4n) is 0.987. The summed E-state index contributed by atoms with van der Waals surface area (Å²) in [5.41, 5.74) is -0.000710. The van der Waals surface area contributed by atoms with E-state index in [4.69, 9.17) is 10.4 Å². The molecule has 0 unspecified atom stereocenters. The SMILES string of the molecule is N#CCNS(=O)(=O)c1ccc(C(=O)O)cc1. The molecule has 16 heavy (non-hydrogen) atoms. The van der Waals surface area contributed by atoms with Crippen LogP contribution in [0.15, 0.2) is 29.2 Å². The molecule has 2 N–H and O–H groups in total. The van der Waals surface area contributed by atoms with E-state index < -0.39 is 16.0 Å². The number of rotatable bonds is 4. The van der Waals surface area contributed by atoms with E-state index in [2.05, 4.69) is 0 Å². The van der Waals surface area contributed by atoms with Crippen LogP contribution in [-0.4, -0.2) is 26.0 Å². The van der Waals surface area contributed by atoms with Gasteiger partial charge in [0, 0.05) is 0 Å². The summed E-state index contributed by atoms with van der Waals surface area (Å²) in [7, 11) is -3.73. The summed E-state index contributed by atoms with van der Waals surface area (Å²) < 4.78 is 25.0. The van der Waals surface area contributed by atoms with Crippen LogP contribution in [0.3, 0.4) is 0 Å². The normalized spacial score (nSPS) is 10.7. The molecule has 84 valence electrons. The maximum absolute atomic E-state index is 11.5. The fourth-order valence-corrected chi connectivity index (χ4v) is 1.90. The molecule has 1 rings (SSSR count). The minimum atomic E-state index is -3.73. The quantitative estimate of drug-likeness (QED) is 0.730. The second-order valence-corrected chi connectivity index (χ2v) is 4.58. The standard InChI is InChI=1S/C9H8N2O4S/c10-5-6-11-16(14,15)8-3-1-7(2-4-8)9(12)13/h1-4,11H,6H2,(H,12,13). The summed E-state index contributed by atoms with van der Waals surface area (Å²) in [4.78, 5) is 10.4. The van der Waals surface area contributed by atoms with Gasteiger partial charge >= 0.3 is 5.97 Å². The molecule has 7 heteroatoms. The van der Waals surface area contributed by atoms with Gasteiger partial charge in [0.25, 0.3) is 0 Å². The van der Waals surface area contributed by atoms with E-state index >= 15 is 0 Å². The van der Waals surface area contributed by atoms with E-state index in [1.54, 1.807) is 6.07 Å². The van der Waals surface area contributed by atoms with Crippen LogP contribution in [0, 0.1) is 11.3 Å². The van der Waals surface area contributed by atoms with Gasteiger partial charge in [0.1, 0.15) is 0 Å². The van der Waals surface area contributed by atoms with E-state index in [0.717, 1.165) is 0 Å². The number of aromatic carboxylic acids is 1. The van der Waals surface area contributed by atoms with Crippen molar-refractivity contribution in [3.63, 3.8) is 0 Å². The smallest absolute Gasteiger partial charge is 0.335 e. The number of carboxylic acids is 1. The lowest BCUT2D eigenvalue weighted by atomic mass is 10.2. The minimum Gasteiger partial charge on any atom is -0.478 e. The molecule has 0 fully saturated rings. The maximum Gasteiger partial charge on any atom is 0.335 e. The third-order valence-electron chi connectivity index (χ3n) is 1.75. The highest BCUT2D eigenvalue weighted by Gasteiger charge is 2.13. The number of hydrogen-bond donors (Lipinski definition) is 2. The van der Waals surface area contributed by atoms with Gasteiger partial charge in [-0.05, 0) is 24.3 Å². The number of nitrogens with zero attached hydrogens (tertiary/aromatic N) is 1. The molecule has 0 saturated heterocycles. The Bertz CT molecular complexity index is 528. The molecule has 6 nitrogen and oxygen atoms in total. The van der Waals surface area contributed by atoms with Gasteiger partial charge in [0.05, 0.1) is 23.1 Å². The van der Waals surface area contributed by atoms with E-state index in [-0.39, 0.29) is 17.0 Å². The summed E-state index contributed by atoms with van der Waals surface area (Å²) in [6.45, 7) is -0.330. The zero-order chi connectivity index (χ0) is 12.2. The Morgan fingerprint density at radius 2 is 1.94 bits per heavy atom. The Labute approximate surface area is 92.2 Å². The van der Waals surface area contributed by atoms with E-state index in [9.17, 15) is 13.2 Å². The zero-order valence-corrected chi connectivity index (χ0v) is 8.86. The molecular weight excluding hydrogens is 232 g/mol. The fraction of sp³-hybridized carbons (Fsp3) is 0.111. The van der Waals surface area contributed by atoms with Crippen molar-refractivity contribution in [1.29, 1.82) is 5.26 Å². The van der Waals surface area contributed by atoms with Crippen molar-refractivity contribution in [1.82, 2.24) is 4.72 Å². The van der Waals surface area contributed by atoms with Crippen LogP contribution in [0.5, 0.6) is 0 Å². The van der Waals surface area contributed by atoms with Crippen LogP contribution in [0.4, 0.5) is 0 Å². The van der Waals surface area contributed by atoms with Crippen molar-refractivity contribution in [3.05, 3.63) is 29.8 Å². The first-order chi connectivity index (χ1) is 7.47. The molecule has 0 saturated carbocycles. The molecule has 0 radical (unpaired) electrons. The van der Waals surface area contributed by atoms with Crippen LogP contribution >= 0.6 is 0 Å². The predicted molar refractivity (Wildman–Crippen MR) is 54.2 cm³/mol. The predicted octanol–water partition coefficient (Wildman–Crippen LogP) is 0.187. The van der Waals surface area contributed by atoms with Crippen LogP contribution < -0.4 is 4.72 Å². The Balaban J connectivity index is 2.98. The molecule has 0 aliphatic carbocycles. The van der Waals surface area contributed by atoms with Crippen molar-refractivity contribution in [2.24, 2.45) is 0 Å². The lowest BCUT2D eigenvalue weighted by Gasteiger charge is -2.03. The second kappa shape index (κ2) is 4.74. The molecule has 1 aromatic carbocycles. The molecule has 0 aliphatic rings. The molecule has 0 bridgehead atoms. The van der Waals surface area contributed by atoms with Gasteiger partial charge in [-0.2, -0.15) is 9.98 Å². The lowest BCUT2D eigenvalue weighted by Crippen LogP contribution is -2.23. The van der Waals surface area contributed by atoms with Gasteiger partial charge in [0.15, 0.2) is 0 Å². The van der Waals surface area contributed by atoms with Crippen LogP contribution in [0.1, 0.15) is 10.4 Å². The molecule has 0 spiro atoms. The number of carbonyl (C=O) groups is 1. The van der Waals surface area contributed by atoms with Crippen molar-refractivity contribution in [3.8, 4) is 6.07 Å². The van der Waals surface area contributed by atoms with Gasteiger partial charge in [-0.25, -0.2) is 13.2 Å². The van der Waals surface area contributed by atoms with Crippen molar-refractivity contribution in [2.45, 2.75) is 4.90 Å². The molecular formula is C9H8N2O4S. The Kier molecular flexibility index (Phi) is 3.60.